The first-order valence-corrected chi connectivity index (χ1v) is 8.83. The van der Waals surface area contributed by atoms with E-state index in [1.807, 2.05) is 13.8 Å². The van der Waals surface area contributed by atoms with Gasteiger partial charge in [0.25, 0.3) is 0 Å². The number of Topliss-reactive ketones (excluding diaryl/α,β-unsaturated/α-hetero) is 1. The number of nitrogens with zero attached hydrogens (tertiary/aromatic N) is 2. The summed E-state index contributed by atoms with van der Waals surface area (Å²) in [5.74, 6) is -7.92. The Hall–Kier alpha value is -2.92. The molecule has 6 nitrogen and oxygen atoms in total. The van der Waals surface area contributed by atoms with Crippen LogP contribution in [0.15, 0.2) is 12.1 Å². The molecule has 1 fully saturated rings. The van der Waals surface area contributed by atoms with Crippen LogP contribution in [0.4, 0.5) is 26.3 Å². The number of carbonyl (C=O) groups is 2. The Balaban J connectivity index is 0.00000218. The summed E-state index contributed by atoms with van der Waals surface area (Å²) in [7, 11) is 0. The number of halogens is 6. The molecule has 1 aromatic rings. The third kappa shape index (κ3) is 6.29. The molecule has 2 rings (SSSR count). The number of nitrogens with one attached hydrogen (secondary N) is 2. The maximum absolute atomic E-state index is 13.5. The molecule has 1 aliphatic rings. The van der Waals surface area contributed by atoms with Crippen molar-refractivity contribution >= 4 is 23.4 Å². The molecule has 1 heterocycles. The third-order valence-corrected chi connectivity index (χ3v) is 3.98. The van der Waals surface area contributed by atoms with Crippen molar-refractivity contribution in [1.29, 1.82) is 10.8 Å². The first kappa shape index (κ1) is 25.1. The molecule has 30 heavy (non-hydrogen) atoms. The maximum Gasteiger partial charge on any atom is 0.449 e. The van der Waals surface area contributed by atoms with E-state index in [9.17, 15) is 35.9 Å². The van der Waals surface area contributed by atoms with E-state index in [-0.39, 0.29) is 12.6 Å². The smallest absolute Gasteiger partial charge is 0.333 e. The van der Waals surface area contributed by atoms with Crippen LogP contribution in [0.1, 0.15) is 25.8 Å². The number of ketones is 1. The van der Waals surface area contributed by atoms with Crippen LogP contribution in [-0.4, -0.2) is 59.0 Å². The second-order valence-electron chi connectivity index (χ2n) is 6.01. The Morgan fingerprint density at radius 2 is 1.60 bits per heavy atom. The lowest BCUT2D eigenvalue weighted by molar-refractivity contribution is -0.135. The lowest BCUT2D eigenvalue weighted by Gasteiger charge is -2.36. The fourth-order valence-electron chi connectivity index (χ4n) is 2.57. The fraction of sp³-hybridized carbons (Fsp3) is 0.444. The van der Waals surface area contributed by atoms with Crippen molar-refractivity contribution in [1.82, 2.24) is 9.80 Å². The van der Waals surface area contributed by atoms with E-state index >= 15 is 0 Å². The van der Waals surface area contributed by atoms with Crippen LogP contribution in [0.3, 0.4) is 0 Å². The molecule has 166 valence electrons. The van der Waals surface area contributed by atoms with E-state index in [2.05, 4.69) is 0 Å². The molecule has 1 aromatic carbocycles. The molecule has 0 spiro atoms. The zero-order chi connectivity index (χ0) is 23.2. The second-order valence-corrected chi connectivity index (χ2v) is 6.01. The van der Waals surface area contributed by atoms with Gasteiger partial charge in [0.1, 0.15) is 17.4 Å². The van der Waals surface area contributed by atoms with Crippen LogP contribution in [0.25, 0.3) is 0 Å². The minimum absolute atomic E-state index is 0.257. The van der Waals surface area contributed by atoms with Gasteiger partial charge in [-0.3, -0.25) is 20.4 Å². The Bertz CT molecular complexity index is 841. The van der Waals surface area contributed by atoms with Crippen LogP contribution < -0.4 is 0 Å². The molecule has 1 amide bonds. The summed E-state index contributed by atoms with van der Waals surface area (Å²) in [6.45, 7) is 2.76. The van der Waals surface area contributed by atoms with E-state index < -0.39 is 78.5 Å². The third-order valence-electron chi connectivity index (χ3n) is 3.98. The first-order valence-electron chi connectivity index (χ1n) is 8.83. The molecule has 0 radical (unpaired) electrons. The number of carbonyl (C=O) groups excluding carboxylic acids is 2. The molecule has 2 N–H and O–H groups in total. The fourth-order valence-corrected chi connectivity index (χ4v) is 2.57. The Labute approximate surface area is 168 Å². The van der Waals surface area contributed by atoms with E-state index in [0.29, 0.717) is 11.0 Å². The summed E-state index contributed by atoms with van der Waals surface area (Å²) in [6.07, 6.45) is -6.36. The number of alkyl halides is 3. The molecule has 1 aliphatic heterocycles. The van der Waals surface area contributed by atoms with Gasteiger partial charge in [0.05, 0.1) is 13.0 Å². The van der Waals surface area contributed by atoms with Gasteiger partial charge in [-0.1, -0.05) is 13.8 Å². The summed E-state index contributed by atoms with van der Waals surface area (Å²) in [6, 6.07) is 0.778. The summed E-state index contributed by atoms with van der Waals surface area (Å²) >= 11 is 0. The van der Waals surface area contributed by atoms with Gasteiger partial charge in [0, 0.05) is 25.6 Å². The molecule has 0 aromatic heterocycles. The summed E-state index contributed by atoms with van der Waals surface area (Å²) in [4.78, 5) is 25.4. The monoisotopic (exact) mass is 438 g/mol. The quantitative estimate of drug-likeness (QED) is 0.249. The molecule has 0 bridgehead atoms. The number of amidine groups is 2. The van der Waals surface area contributed by atoms with Crippen molar-refractivity contribution in [3.8, 4) is 0 Å². The van der Waals surface area contributed by atoms with Gasteiger partial charge in [-0.05, 0) is 11.6 Å². The number of hydrogen-bond acceptors (Lipinski definition) is 4. The lowest BCUT2D eigenvalue weighted by Crippen LogP contribution is -2.56. The molecule has 1 saturated heterocycles. The average molecular weight is 438 g/mol. The Morgan fingerprint density at radius 3 is 2.13 bits per heavy atom. The highest BCUT2D eigenvalue weighted by Crippen LogP contribution is 2.21. The van der Waals surface area contributed by atoms with Crippen molar-refractivity contribution in [3.05, 3.63) is 35.1 Å². The van der Waals surface area contributed by atoms with Crippen LogP contribution in [0, 0.1) is 28.3 Å². The average Bonchev–Trinajstić information content (AvgIpc) is 2.66. The van der Waals surface area contributed by atoms with Gasteiger partial charge in [-0.25, -0.2) is 13.2 Å². The van der Waals surface area contributed by atoms with Crippen LogP contribution >= 0.6 is 0 Å². The van der Waals surface area contributed by atoms with Crippen molar-refractivity contribution in [2.24, 2.45) is 0 Å². The molecular formula is C18H20F6N4O2. The van der Waals surface area contributed by atoms with Gasteiger partial charge in [-0.15, -0.1) is 0 Å². The molecule has 0 aliphatic carbocycles. The standard InChI is InChI=1S/C16H14F6N4O2.C2H6/c17-10-6-12(19)11(18)4-8(10)3-9(27)5-14(28)25-1-2-26(13(23)7-25)15(24)16(20,21)22;1-2/h4,6,23-24H,1-3,5,7H2;1-2H3. The number of benzene rings is 1. The largest absolute Gasteiger partial charge is 0.449 e. The maximum atomic E-state index is 13.5. The number of rotatable bonds is 4. The van der Waals surface area contributed by atoms with Crippen LogP contribution in [0.2, 0.25) is 0 Å². The SMILES string of the molecule is CC.N=C1CN(C(=O)CC(=O)Cc2cc(F)c(F)cc2F)CCN1C(=N)C(F)(F)F. The molecule has 0 unspecified atom stereocenters. The summed E-state index contributed by atoms with van der Waals surface area (Å²) < 4.78 is 77.2. The first-order chi connectivity index (χ1) is 13.9. The van der Waals surface area contributed by atoms with E-state index in [4.69, 9.17) is 10.8 Å². The zero-order valence-corrected chi connectivity index (χ0v) is 16.2. The highest BCUT2D eigenvalue weighted by atomic mass is 19.4. The van der Waals surface area contributed by atoms with Gasteiger partial charge in [0.2, 0.25) is 11.7 Å². The topological polar surface area (TPSA) is 88.3 Å². The van der Waals surface area contributed by atoms with Crippen molar-refractivity contribution in [2.45, 2.75) is 32.9 Å². The van der Waals surface area contributed by atoms with Crippen molar-refractivity contribution in [3.63, 3.8) is 0 Å². The number of hydrogen-bond donors (Lipinski definition) is 2. The van der Waals surface area contributed by atoms with Gasteiger partial charge < -0.3 is 9.80 Å². The molecule has 12 heteroatoms. The molecule has 0 saturated carbocycles. The minimum atomic E-state index is -4.94. The Morgan fingerprint density at radius 1 is 1.03 bits per heavy atom. The van der Waals surface area contributed by atoms with E-state index in [1.165, 1.54) is 0 Å². The van der Waals surface area contributed by atoms with Gasteiger partial charge in [0.15, 0.2) is 11.6 Å². The summed E-state index contributed by atoms with van der Waals surface area (Å²) in [5.41, 5.74) is -0.437. The van der Waals surface area contributed by atoms with E-state index in [1.54, 1.807) is 0 Å². The highest BCUT2D eigenvalue weighted by molar-refractivity contribution is 6.04. The van der Waals surface area contributed by atoms with Gasteiger partial charge in [-0.2, -0.15) is 13.2 Å². The van der Waals surface area contributed by atoms with E-state index in [0.717, 1.165) is 4.90 Å². The van der Waals surface area contributed by atoms with Crippen LogP contribution in [-0.2, 0) is 16.0 Å². The van der Waals surface area contributed by atoms with Crippen LogP contribution in [0.5, 0.6) is 0 Å². The van der Waals surface area contributed by atoms with Crippen molar-refractivity contribution < 1.29 is 35.9 Å². The normalized spacial score (nSPS) is 14.2. The van der Waals surface area contributed by atoms with Crippen molar-refractivity contribution in [2.75, 3.05) is 19.6 Å². The zero-order valence-electron chi connectivity index (χ0n) is 16.2. The minimum Gasteiger partial charge on any atom is -0.333 e. The predicted molar refractivity (Wildman–Crippen MR) is 95.8 cm³/mol. The predicted octanol–water partition coefficient (Wildman–Crippen LogP) is 3.29. The lowest BCUT2D eigenvalue weighted by atomic mass is 10.1. The molecular weight excluding hydrogens is 418 g/mol. The number of piperazine rings is 1. The molecule has 0 atom stereocenters. The summed E-state index contributed by atoms with van der Waals surface area (Å²) in [5, 5.41) is 14.6. The number of amides is 1. The second kappa shape index (κ2) is 10.2. The Kier molecular flexibility index (Phi) is 8.55. The highest BCUT2D eigenvalue weighted by Gasteiger charge is 2.41. The van der Waals surface area contributed by atoms with Gasteiger partial charge >= 0.3 is 6.18 Å².